The summed E-state index contributed by atoms with van der Waals surface area (Å²) < 4.78 is 0. The van der Waals surface area contributed by atoms with E-state index in [0.717, 1.165) is 34.3 Å². The van der Waals surface area contributed by atoms with Crippen molar-refractivity contribution in [1.82, 2.24) is 4.98 Å². The Morgan fingerprint density at radius 2 is 1.63 bits per heavy atom. The minimum atomic E-state index is 0.688. The fraction of sp³-hybridized carbons (Fsp3) is 0.156. The third-order valence-electron chi connectivity index (χ3n) is 6.27. The standard InChI is InChI=1S/C30H25ClN2.C2H6/c1-19-15-27-24(13-14-32-30(27)16-20(19)2)18-22-11-12-26-23(17-22)7-6-10-29(26)33-21(3)25-8-4-5-9-28(25)31;1-2/h4-17,33H,3,18H2,1-2H3;1-2H3. The lowest BCUT2D eigenvalue weighted by molar-refractivity contribution is 1.20. The molecule has 3 heteroatoms. The lowest BCUT2D eigenvalue weighted by Crippen LogP contribution is -1.99. The summed E-state index contributed by atoms with van der Waals surface area (Å²) in [6, 6.07) is 27.3. The smallest absolute Gasteiger partial charge is 0.0707 e. The number of aryl methyl sites for hydroxylation is 2. The number of fused-ring (bicyclic) bond motifs is 2. The van der Waals surface area contributed by atoms with Crippen molar-refractivity contribution in [3.63, 3.8) is 0 Å². The highest BCUT2D eigenvalue weighted by atomic mass is 35.5. The number of hydrogen-bond donors (Lipinski definition) is 1. The molecule has 0 spiro atoms. The predicted molar refractivity (Wildman–Crippen MR) is 153 cm³/mol. The van der Waals surface area contributed by atoms with E-state index in [0.29, 0.717) is 5.02 Å². The number of hydrogen-bond acceptors (Lipinski definition) is 2. The Morgan fingerprint density at radius 3 is 2.43 bits per heavy atom. The van der Waals surface area contributed by atoms with Gasteiger partial charge < -0.3 is 5.32 Å². The first-order valence-corrected chi connectivity index (χ1v) is 12.4. The number of aromatic nitrogens is 1. The molecule has 1 N–H and O–H groups in total. The zero-order chi connectivity index (χ0) is 24.9. The largest absolute Gasteiger partial charge is 0.355 e. The monoisotopic (exact) mass is 478 g/mol. The van der Waals surface area contributed by atoms with Crippen molar-refractivity contribution in [3.05, 3.63) is 124 Å². The minimum absolute atomic E-state index is 0.688. The number of nitrogens with one attached hydrogen (secondary N) is 1. The Balaban J connectivity index is 0.00000141. The van der Waals surface area contributed by atoms with E-state index in [1.54, 1.807) is 0 Å². The maximum absolute atomic E-state index is 6.36. The van der Waals surface area contributed by atoms with Crippen molar-refractivity contribution < 1.29 is 0 Å². The van der Waals surface area contributed by atoms with Gasteiger partial charge in [0.1, 0.15) is 0 Å². The topological polar surface area (TPSA) is 24.9 Å². The van der Waals surface area contributed by atoms with Crippen LogP contribution in [0.5, 0.6) is 0 Å². The lowest BCUT2D eigenvalue weighted by atomic mass is 9.96. The molecule has 1 heterocycles. The van der Waals surface area contributed by atoms with E-state index in [-0.39, 0.29) is 0 Å². The number of rotatable bonds is 5. The Labute approximate surface area is 213 Å². The van der Waals surface area contributed by atoms with Crippen LogP contribution in [0.2, 0.25) is 5.02 Å². The summed E-state index contributed by atoms with van der Waals surface area (Å²) in [4.78, 5) is 4.58. The minimum Gasteiger partial charge on any atom is -0.355 e. The van der Waals surface area contributed by atoms with Crippen LogP contribution < -0.4 is 5.32 Å². The van der Waals surface area contributed by atoms with Gasteiger partial charge in [0.2, 0.25) is 0 Å². The van der Waals surface area contributed by atoms with Crippen molar-refractivity contribution in [2.75, 3.05) is 5.32 Å². The van der Waals surface area contributed by atoms with E-state index in [1.807, 2.05) is 44.3 Å². The number of halogens is 1. The fourth-order valence-electron chi connectivity index (χ4n) is 4.32. The molecule has 0 amide bonds. The quantitative estimate of drug-likeness (QED) is 0.272. The molecule has 0 fully saturated rings. The highest BCUT2D eigenvalue weighted by molar-refractivity contribution is 6.32. The predicted octanol–water partition coefficient (Wildman–Crippen LogP) is 9.36. The maximum Gasteiger partial charge on any atom is 0.0707 e. The molecule has 5 aromatic rings. The first-order chi connectivity index (χ1) is 17.0. The molecule has 0 saturated heterocycles. The van der Waals surface area contributed by atoms with Crippen LogP contribution in [0.3, 0.4) is 0 Å². The van der Waals surface area contributed by atoms with Crippen molar-refractivity contribution in [1.29, 1.82) is 0 Å². The summed E-state index contributed by atoms with van der Waals surface area (Å²) in [5.41, 5.74) is 8.90. The van der Waals surface area contributed by atoms with Crippen LogP contribution in [0, 0.1) is 13.8 Å². The van der Waals surface area contributed by atoms with E-state index in [4.69, 9.17) is 11.6 Å². The van der Waals surface area contributed by atoms with Gasteiger partial charge in [0.05, 0.1) is 5.52 Å². The van der Waals surface area contributed by atoms with E-state index >= 15 is 0 Å². The van der Waals surface area contributed by atoms with E-state index in [9.17, 15) is 0 Å². The van der Waals surface area contributed by atoms with Gasteiger partial charge in [-0.3, -0.25) is 4.98 Å². The molecule has 0 bridgehead atoms. The van der Waals surface area contributed by atoms with Crippen LogP contribution >= 0.6 is 11.6 Å². The molecule has 35 heavy (non-hydrogen) atoms. The Hall–Kier alpha value is -3.62. The molecular weight excluding hydrogens is 448 g/mol. The Kier molecular flexibility index (Phi) is 7.53. The van der Waals surface area contributed by atoms with Gasteiger partial charge in [0, 0.05) is 38.9 Å². The fourth-order valence-corrected chi connectivity index (χ4v) is 4.57. The van der Waals surface area contributed by atoms with Gasteiger partial charge in [-0.2, -0.15) is 0 Å². The van der Waals surface area contributed by atoms with Gasteiger partial charge in [-0.15, -0.1) is 0 Å². The summed E-state index contributed by atoms with van der Waals surface area (Å²) in [5, 5.41) is 7.72. The second kappa shape index (κ2) is 10.8. The Bertz CT molecular complexity index is 1520. The molecule has 0 radical (unpaired) electrons. The summed E-state index contributed by atoms with van der Waals surface area (Å²) in [5.74, 6) is 0. The number of anilines is 1. The Morgan fingerprint density at radius 1 is 0.857 bits per heavy atom. The normalized spacial score (nSPS) is 10.7. The molecule has 1 aromatic heterocycles. The summed E-state index contributed by atoms with van der Waals surface area (Å²) in [6.07, 6.45) is 2.78. The number of pyridine rings is 1. The number of benzene rings is 4. The van der Waals surface area contributed by atoms with Crippen LogP contribution in [-0.4, -0.2) is 4.98 Å². The zero-order valence-corrected chi connectivity index (χ0v) is 21.6. The molecule has 5 rings (SSSR count). The average molecular weight is 479 g/mol. The van der Waals surface area contributed by atoms with Gasteiger partial charge >= 0.3 is 0 Å². The summed E-state index contributed by atoms with van der Waals surface area (Å²) in [7, 11) is 0. The average Bonchev–Trinajstić information content (AvgIpc) is 2.87. The van der Waals surface area contributed by atoms with Crippen LogP contribution in [0.1, 0.15) is 41.7 Å². The summed E-state index contributed by atoms with van der Waals surface area (Å²) in [6.45, 7) is 12.5. The van der Waals surface area contributed by atoms with E-state index in [2.05, 4.69) is 85.3 Å². The molecule has 176 valence electrons. The molecule has 0 unspecified atom stereocenters. The SMILES string of the molecule is C=C(Nc1cccc2cc(Cc3ccnc4cc(C)c(C)cc34)ccc12)c1ccccc1Cl.CC. The van der Waals surface area contributed by atoms with Crippen LogP contribution in [0.25, 0.3) is 27.4 Å². The van der Waals surface area contributed by atoms with Gasteiger partial charge in [-0.25, -0.2) is 0 Å². The third kappa shape index (κ3) is 5.23. The van der Waals surface area contributed by atoms with Gasteiger partial charge in [0.25, 0.3) is 0 Å². The van der Waals surface area contributed by atoms with Gasteiger partial charge in [-0.05, 0) is 78.2 Å². The molecule has 0 aliphatic carbocycles. The molecular formula is C32H31ClN2. The van der Waals surface area contributed by atoms with Crippen molar-refractivity contribution in [2.24, 2.45) is 0 Å². The molecule has 0 aliphatic heterocycles. The van der Waals surface area contributed by atoms with Crippen LogP contribution in [0.15, 0.2) is 91.6 Å². The maximum atomic E-state index is 6.36. The third-order valence-corrected chi connectivity index (χ3v) is 6.60. The van der Waals surface area contributed by atoms with Crippen molar-refractivity contribution in [3.8, 4) is 0 Å². The number of nitrogens with zero attached hydrogens (tertiary/aromatic N) is 1. The van der Waals surface area contributed by atoms with Crippen molar-refractivity contribution >= 4 is 44.7 Å². The van der Waals surface area contributed by atoms with Crippen LogP contribution in [-0.2, 0) is 6.42 Å². The molecule has 0 aliphatic rings. The molecule has 0 saturated carbocycles. The molecule has 0 atom stereocenters. The van der Waals surface area contributed by atoms with E-state index in [1.165, 1.54) is 33.0 Å². The molecule has 4 aromatic carbocycles. The first-order valence-electron chi connectivity index (χ1n) is 12.1. The van der Waals surface area contributed by atoms with E-state index < -0.39 is 0 Å². The van der Waals surface area contributed by atoms with Gasteiger partial charge in [0.15, 0.2) is 0 Å². The molecule has 2 nitrogen and oxygen atoms in total. The second-order valence-corrected chi connectivity index (χ2v) is 8.95. The first kappa shape index (κ1) is 24.5. The van der Waals surface area contributed by atoms with Crippen LogP contribution in [0.4, 0.5) is 5.69 Å². The van der Waals surface area contributed by atoms with Gasteiger partial charge in [-0.1, -0.05) is 80.6 Å². The highest BCUT2D eigenvalue weighted by Crippen LogP contribution is 2.30. The lowest BCUT2D eigenvalue weighted by Gasteiger charge is -2.14. The second-order valence-electron chi connectivity index (χ2n) is 8.54. The summed E-state index contributed by atoms with van der Waals surface area (Å²) >= 11 is 6.36. The van der Waals surface area contributed by atoms with Crippen molar-refractivity contribution in [2.45, 2.75) is 34.1 Å². The zero-order valence-electron chi connectivity index (χ0n) is 20.8. The highest BCUT2D eigenvalue weighted by Gasteiger charge is 2.09.